The van der Waals surface area contributed by atoms with Gasteiger partial charge in [0, 0.05) is 5.41 Å². The van der Waals surface area contributed by atoms with Gasteiger partial charge in [-0.15, -0.1) is 0 Å². The Hall–Kier alpha value is -0.470. The lowest BCUT2D eigenvalue weighted by Crippen LogP contribution is -2.00. The number of hydrogen-bond donors (Lipinski definition) is 1. The first-order chi connectivity index (χ1) is 5.37. The van der Waals surface area contributed by atoms with E-state index in [-0.39, 0.29) is 9.91 Å². The number of carboxylic acid groups (broad SMARTS) is 1. The fourth-order valence-electron chi connectivity index (χ4n) is 1.24. The number of aliphatic carboxylic acids is 1. The molecule has 1 N–H and O–H groups in total. The largest absolute Gasteiger partial charge is 0.478 e. The first kappa shape index (κ1) is 9.62. The summed E-state index contributed by atoms with van der Waals surface area (Å²) >= 11 is 10.8. The van der Waals surface area contributed by atoms with Crippen molar-refractivity contribution in [3.05, 3.63) is 21.7 Å². The third-order valence-electron chi connectivity index (χ3n) is 1.97. The number of carboxylic acids is 1. The Morgan fingerprint density at radius 3 is 2.25 bits per heavy atom. The summed E-state index contributed by atoms with van der Waals surface area (Å²) in [4.78, 5) is 10.6. The van der Waals surface area contributed by atoms with E-state index in [9.17, 15) is 4.79 Å². The molecule has 66 valence electrons. The minimum Gasteiger partial charge on any atom is -0.478 e. The summed E-state index contributed by atoms with van der Waals surface area (Å²) < 4.78 is 0.0920. The number of halogens is 2. The predicted octanol–water partition coefficient (Wildman–Crippen LogP) is 2.73. The second-order valence-electron chi connectivity index (χ2n) is 3.15. The zero-order valence-electron chi connectivity index (χ0n) is 6.69. The minimum atomic E-state index is -0.902. The van der Waals surface area contributed by atoms with Crippen LogP contribution in [0, 0.1) is 5.41 Å². The molecule has 0 bridgehead atoms. The van der Waals surface area contributed by atoms with E-state index >= 15 is 0 Å². The van der Waals surface area contributed by atoms with Crippen LogP contribution in [0.4, 0.5) is 0 Å². The molecular formula is C8H8Cl2O2. The van der Waals surface area contributed by atoms with Crippen LogP contribution in [0.1, 0.15) is 13.8 Å². The Balaban J connectivity index is 2.93. The summed E-state index contributed by atoms with van der Waals surface area (Å²) in [6.07, 6.45) is 1.48. The zero-order chi connectivity index (χ0) is 9.52. The molecule has 0 aromatic heterocycles. The lowest BCUT2D eigenvalue weighted by Gasteiger charge is -1.99. The molecule has 0 atom stereocenters. The van der Waals surface area contributed by atoms with E-state index < -0.39 is 5.97 Å². The van der Waals surface area contributed by atoms with Crippen molar-refractivity contribution in [1.29, 1.82) is 0 Å². The maximum absolute atomic E-state index is 10.6. The molecule has 0 aliphatic heterocycles. The highest BCUT2D eigenvalue weighted by molar-refractivity contribution is 6.56. The van der Waals surface area contributed by atoms with Crippen molar-refractivity contribution in [2.75, 3.05) is 0 Å². The van der Waals surface area contributed by atoms with E-state index in [0.717, 1.165) is 0 Å². The highest BCUT2D eigenvalue weighted by atomic mass is 35.5. The predicted molar refractivity (Wildman–Crippen MR) is 48.2 cm³/mol. The minimum absolute atomic E-state index is 0.0920. The second-order valence-corrected chi connectivity index (χ2v) is 4.16. The molecule has 1 aliphatic rings. The van der Waals surface area contributed by atoms with Crippen LogP contribution in [0.3, 0.4) is 0 Å². The fraction of sp³-hybridized carbons (Fsp3) is 0.375. The summed E-state index contributed by atoms with van der Waals surface area (Å²) in [5.41, 5.74) is 0.720. The second kappa shape index (κ2) is 2.79. The van der Waals surface area contributed by atoms with E-state index in [1.54, 1.807) is 0 Å². The SMILES string of the molecule is CC1(C)C(C=C(Cl)Cl)=C1C(=O)O. The van der Waals surface area contributed by atoms with Gasteiger partial charge in [0.15, 0.2) is 0 Å². The van der Waals surface area contributed by atoms with Gasteiger partial charge in [-0.2, -0.15) is 0 Å². The van der Waals surface area contributed by atoms with Crippen LogP contribution in [-0.4, -0.2) is 11.1 Å². The third kappa shape index (κ3) is 1.50. The first-order valence-corrected chi connectivity index (χ1v) is 4.14. The summed E-state index contributed by atoms with van der Waals surface area (Å²) in [6, 6.07) is 0. The van der Waals surface area contributed by atoms with Crippen molar-refractivity contribution in [3.8, 4) is 0 Å². The molecule has 0 saturated carbocycles. The van der Waals surface area contributed by atoms with Gasteiger partial charge in [0.25, 0.3) is 0 Å². The Kier molecular flexibility index (Phi) is 2.23. The number of allylic oxidation sites excluding steroid dienone is 2. The van der Waals surface area contributed by atoms with Crippen molar-refractivity contribution in [3.63, 3.8) is 0 Å². The van der Waals surface area contributed by atoms with Gasteiger partial charge in [0.05, 0.1) is 5.57 Å². The summed E-state index contributed by atoms with van der Waals surface area (Å²) in [6.45, 7) is 3.64. The fourth-order valence-corrected chi connectivity index (χ4v) is 1.46. The van der Waals surface area contributed by atoms with E-state index in [4.69, 9.17) is 28.3 Å². The van der Waals surface area contributed by atoms with Gasteiger partial charge in [-0.05, 0) is 11.6 Å². The lowest BCUT2D eigenvalue weighted by molar-refractivity contribution is -0.132. The quantitative estimate of drug-likeness (QED) is 0.755. The highest BCUT2D eigenvalue weighted by Gasteiger charge is 2.48. The van der Waals surface area contributed by atoms with Crippen LogP contribution >= 0.6 is 23.2 Å². The van der Waals surface area contributed by atoms with Gasteiger partial charge < -0.3 is 5.11 Å². The summed E-state index contributed by atoms with van der Waals surface area (Å²) in [5.74, 6) is -0.902. The smallest absolute Gasteiger partial charge is 0.332 e. The monoisotopic (exact) mass is 206 g/mol. The molecule has 0 radical (unpaired) electrons. The molecule has 0 aromatic carbocycles. The molecule has 0 amide bonds. The molecular weight excluding hydrogens is 199 g/mol. The van der Waals surface area contributed by atoms with E-state index in [1.165, 1.54) is 6.08 Å². The van der Waals surface area contributed by atoms with Gasteiger partial charge in [0.1, 0.15) is 4.49 Å². The standard InChI is InChI=1S/C8H8Cl2O2/c1-8(2)4(3-5(9)10)6(8)7(11)12/h3H,1-2H3,(H,11,12). The number of rotatable bonds is 2. The van der Waals surface area contributed by atoms with Crippen LogP contribution in [0.25, 0.3) is 0 Å². The average Bonchev–Trinajstić information content (AvgIpc) is 2.32. The Bertz CT molecular complexity index is 296. The number of carbonyl (C=O) groups is 1. The van der Waals surface area contributed by atoms with Crippen molar-refractivity contribution < 1.29 is 9.90 Å². The van der Waals surface area contributed by atoms with E-state index in [1.807, 2.05) is 13.8 Å². The lowest BCUT2D eigenvalue weighted by atomic mass is 10.0. The molecule has 0 spiro atoms. The molecule has 2 nitrogen and oxygen atoms in total. The van der Waals surface area contributed by atoms with Gasteiger partial charge in [-0.3, -0.25) is 0 Å². The molecule has 1 rings (SSSR count). The Morgan fingerprint density at radius 2 is 2.00 bits per heavy atom. The maximum Gasteiger partial charge on any atom is 0.332 e. The molecule has 12 heavy (non-hydrogen) atoms. The van der Waals surface area contributed by atoms with Crippen LogP contribution in [0.5, 0.6) is 0 Å². The van der Waals surface area contributed by atoms with Gasteiger partial charge >= 0.3 is 5.97 Å². The van der Waals surface area contributed by atoms with Crippen molar-refractivity contribution in [1.82, 2.24) is 0 Å². The average molecular weight is 207 g/mol. The molecule has 4 heteroatoms. The molecule has 0 heterocycles. The topological polar surface area (TPSA) is 37.3 Å². The van der Waals surface area contributed by atoms with Crippen LogP contribution in [0.15, 0.2) is 21.7 Å². The molecule has 0 unspecified atom stereocenters. The zero-order valence-corrected chi connectivity index (χ0v) is 8.20. The maximum atomic E-state index is 10.6. The summed E-state index contributed by atoms with van der Waals surface area (Å²) in [5, 5.41) is 8.70. The van der Waals surface area contributed by atoms with E-state index in [0.29, 0.717) is 11.1 Å². The van der Waals surface area contributed by atoms with Crippen LogP contribution in [0.2, 0.25) is 0 Å². The van der Waals surface area contributed by atoms with Crippen molar-refractivity contribution in [2.24, 2.45) is 5.41 Å². The Morgan fingerprint density at radius 1 is 1.50 bits per heavy atom. The van der Waals surface area contributed by atoms with Crippen molar-refractivity contribution >= 4 is 29.2 Å². The highest BCUT2D eigenvalue weighted by Crippen LogP contribution is 2.53. The van der Waals surface area contributed by atoms with Gasteiger partial charge in [-0.1, -0.05) is 37.0 Å². The molecule has 1 aliphatic carbocycles. The molecule has 0 saturated heterocycles. The molecule has 0 aromatic rings. The van der Waals surface area contributed by atoms with Crippen molar-refractivity contribution in [2.45, 2.75) is 13.8 Å². The van der Waals surface area contributed by atoms with Gasteiger partial charge in [0.2, 0.25) is 0 Å². The van der Waals surface area contributed by atoms with Crippen LogP contribution in [-0.2, 0) is 4.79 Å². The number of hydrogen-bond acceptors (Lipinski definition) is 1. The normalized spacial score (nSPS) is 19.0. The van der Waals surface area contributed by atoms with Gasteiger partial charge in [-0.25, -0.2) is 4.79 Å². The Labute approximate surface area is 80.5 Å². The molecule has 0 fully saturated rings. The third-order valence-corrected chi connectivity index (χ3v) is 2.19. The summed E-state index contributed by atoms with van der Waals surface area (Å²) in [7, 11) is 0. The first-order valence-electron chi connectivity index (χ1n) is 3.38. The van der Waals surface area contributed by atoms with E-state index in [2.05, 4.69) is 0 Å². The van der Waals surface area contributed by atoms with Crippen LogP contribution < -0.4 is 0 Å².